The van der Waals surface area contributed by atoms with Gasteiger partial charge in [0, 0.05) is 17.6 Å². The van der Waals surface area contributed by atoms with Crippen molar-refractivity contribution in [2.24, 2.45) is 0 Å². The van der Waals surface area contributed by atoms with Crippen molar-refractivity contribution >= 4 is 29.2 Å². The second-order valence-corrected chi connectivity index (χ2v) is 5.56. The van der Waals surface area contributed by atoms with E-state index in [4.69, 9.17) is 21.1 Å². The van der Waals surface area contributed by atoms with Gasteiger partial charge in [0.25, 0.3) is 5.91 Å². The summed E-state index contributed by atoms with van der Waals surface area (Å²) in [5.74, 6) is -1.33. The molecule has 1 amide bonds. The summed E-state index contributed by atoms with van der Waals surface area (Å²) in [5, 5.41) is 14.1. The molecule has 0 saturated carbocycles. The zero-order chi connectivity index (χ0) is 19.1. The minimum atomic E-state index is -0.850. The highest BCUT2D eigenvalue weighted by atomic mass is 35.5. The van der Waals surface area contributed by atoms with E-state index in [1.807, 2.05) is 0 Å². The number of nitro groups is 1. The molecule has 0 aromatic heterocycles. The van der Waals surface area contributed by atoms with E-state index in [2.05, 4.69) is 5.32 Å². The first-order chi connectivity index (χ1) is 12.4. The van der Waals surface area contributed by atoms with Crippen molar-refractivity contribution in [3.05, 3.63) is 68.7 Å². The smallest absolute Gasteiger partial charge is 0.338 e. The highest BCUT2D eigenvalue weighted by molar-refractivity contribution is 6.30. The highest BCUT2D eigenvalue weighted by Crippen LogP contribution is 2.27. The molecule has 0 aliphatic carbocycles. The van der Waals surface area contributed by atoms with Crippen LogP contribution in [0.2, 0.25) is 5.02 Å². The molecule has 0 aliphatic heterocycles. The van der Waals surface area contributed by atoms with Gasteiger partial charge in [0.2, 0.25) is 0 Å². The van der Waals surface area contributed by atoms with E-state index < -0.39 is 23.4 Å². The quantitative estimate of drug-likeness (QED) is 0.451. The maximum Gasteiger partial charge on any atom is 0.338 e. The first-order valence-electron chi connectivity index (χ1n) is 7.41. The van der Waals surface area contributed by atoms with Crippen LogP contribution in [0.5, 0.6) is 5.75 Å². The summed E-state index contributed by atoms with van der Waals surface area (Å²) in [6.07, 6.45) is 0. The molecule has 9 heteroatoms. The molecule has 8 nitrogen and oxygen atoms in total. The van der Waals surface area contributed by atoms with E-state index in [0.29, 0.717) is 5.02 Å². The van der Waals surface area contributed by atoms with Gasteiger partial charge in [0.15, 0.2) is 12.4 Å². The fourth-order valence-electron chi connectivity index (χ4n) is 2.03. The topological polar surface area (TPSA) is 108 Å². The number of benzene rings is 2. The minimum Gasteiger partial charge on any atom is -0.490 e. The number of hydrogen-bond acceptors (Lipinski definition) is 6. The molecule has 2 aromatic rings. The first-order valence-corrected chi connectivity index (χ1v) is 7.79. The molecule has 1 N–H and O–H groups in total. The van der Waals surface area contributed by atoms with Gasteiger partial charge in [-0.3, -0.25) is 14.9 Å². The number of rotatable bonds is 7. The number of nitro benzene ring substituents is 1. The standard InChI is InChI=1S/C17H15ClN2O6/c1-25-15-7-4-12(8-14(15)20(23)24)17(22)26-10-16(21)19-9-11-2-5-13(18)6-3-11/h2-8H,9-10H2,1H3,(H,19,21). The number of carbonyl (C=O) groups excluding carboxylic acids is 2. The van der Waals surface area contributed by atoms with Crippen LogP contribution in [0.1, 0.15) is 15.9 Å². The van der Waals surface area contributed by atoms with Gasteiger partial charge in [0.1, 0.15) is 0 Å². The largest absolute Gasteiger partial charge is 0.490 e. The lowest BCUT2D eigenvalue weighted by atomic mass is 10.2. The van der Waals surface area contributed by atoms with Crippen LogP contribution in [-0.4, -0.2) is 30.5 Å². The maximum atomic E-state index is 12.0. The molecule has 136 valence electrons. The third-order valence-electron chi connectivity index (χ3n) is 3.35. The van der Waals surface area contributed by atoms with Gasteiger partial charge >= 0.3 is 11.7 Å². The van der Waals surface area contributed by atoms with Gasteiger partial charge in [0.05, 0.1) is 17.6 Å². The third-order valence-corrected chi connectivity index (χ3v) is 3.60. The average Bonchev–Trinajstić information content (AvgIpc) is 2.65. The van der Waals surface area contributed by atoms with Crippen LogP contribution in [0.4, 0.5) is 5.69 Å². The Balaban J connectivity index is 1.89. The van der Waals surface area contributed by atoms with Crippen LogP contribution in [0.15, 0.2) is 42.5 Å². The number of nitrogens with one attached hydrogen (secondary N) is 1. The zero-order valence-corrected chi connectivity index (χ0v) is 14.5. The summed E-state index contributed by atoms with van der Waals surface area (Å²) >= 11 is 5.77. The molecule has 0 heterocycles. The summed E-state index contributed by atoms with van der Waals surface area (Å²) in [5.41, 5.74) is 0.414. The fraction of sp³-hybridized carbons (Fsp3) is 0.176. The van der Waals surface area contributed by atoms with Gasteiger partial charge < -0.3 is 14.8 Å². The molecule has 0 aliphatic rings. The number of nitrogens with zero attached hydrogens (tertiary/aromatic N) is 1. The van der Waals surface area contributed by atoms with Crippen LogP contribution < -0.4 is 10.1 Å². The summed E-state index contributed by atoms with van der Waals surface area (Å²) in [6, 6.07) is 10.5. The Bertz CT molecular complexity index is 823. The third kappa shape index (κ3) is 5.18. The molecular weight excluding hydrogens is 364 g/mol. The number of methoxy groups -OCH3 is 1. The molecule has 0 spiro atoms. The van der Waals surface area contributed by atoms with E-state index in [9.17, 15) is 19.7 Å². The fourth-order valence-corrected chi connectivity index (χ4v) is 2.15. The van der Waals surface area contributed by atoms with Crippen LogP contribution >= 0.6 is 11.6 Å². The number of halogens is 1. The van der Waals surface area contributed by atoms with Crippen LogP contribution in [0.3, 0.4) is 0 Å². The minimum absolute atomic E-state index is 0.0206. The summed E-state index contributed by atoms with van der Waals surface area (Å²) in [4.78, 5) is 34.0. The van der Waals surface area contributed by atoms with Crippen LogP contribution in [0, 0.1) is 10.1 Å². The number of carbonyl (C=O) groups is 2. The maximum absolute atomic E-state index is 12.0. The Hall–Kier alpha value is -3.13. The van der Waals surface area contributed by atoms with Crippen molar-refractivity contribution in [3.8, 4) is 5.75 Å². The Morgan fingerprint density at radius 3 is 2.50 bits per heavy atom. The van der Waals surface area contributed by atoms with E-state index in [-0.39, 0.29) is 23.5 Å². The number of amides is 1. The van der Waals surface area contributed by atoms with Crippen molar-refractivity contribution in [1.82, 2.24) is 5.32 Å². The molecule has 26 heavy (non-hydrogen) atoms. The zero-order valence-electron chi connectivity index (χ0n) is 13.7. The van der Waals surface area contributed by atoms with Gasteiger partial charge in [-0.05, 0) is 29.8 Å². The van der Waals surface area contributed by atoms with Crippen molar-refractivity contribution in [3.63, 3.8) is 0 Å². The molecule has 2 aromatic carbocycles. The van der Waals surface area contributed by atoms with Gasteiger partial charge in [-0.2, -0.15) is 0 Å². The lowest BCUT2D eigenvalue weighted by Crippen LogP contribution is -2.28. The lowest BCUT2D eigenvalue weighted by molar-refractivity contribution is -0.385. The van der Waals surface area contributed by atoms with E-state index in [0.717, 1.165) is 11.6 Å². The van der Waals surface area contributed by atoms with E-state index in [1.54, 1.807) is 24.3 Å². The molecular formula is C17H15ClN2O6. The van der Waals surface area contributed by atoms with Crippen molar-refractivity contribution < 1.29 is 24.0 Å². The Morgan fingerprint density at radius 2 is 1.88 bits per heavy atom. The van der Waals surface area contributed by atoms with Crippen LogP contribution in [-0.2, 0) is 16.1 Å². The summed E-state index contributed by atoms with van der Waals surface area (Å²) < 4.78 is 9.72. The molecule has 0 unspecified atom stereocenters. The average molecular weight is 379 g/mol. The van der Waals surface area contributed by atoms with Crippen molar-refractivity contribution in [2.45, 2.75) is 6.54 Å². The molecule has 0 radical (unpaired) electrons. The van der Waals surface area contributed by atoms with Crippen molar-refractivity contribution in [1.29, 1.82) is 0 Å². The Kier molecular flexibility index (Phi) is 6.51. The predicted octanol–water partition coefficient (Wildman–Crippen LogP) is 2.73. The predicted molar refractivity (Wildman–Crippen MR) is 93.2 cm³/mol. The Labute approximate surface area is 153 Å². The highest BCUT2D eigenvalue weighted by Gasteiger charge is 2.19. The second kappa shape index (κ2) is 8.82. The Morgan fingerprint density at radius 1 is 1.19 bits per heavy atom. The van der Waals surface area contributed by atoms with Crippen molar-refractivity contribution in [2.75, 3.05) is 13.7 Å². The lowest BCUT2D eigenvalue weighted by Gasteiger charge is -2.08. The molecule has 0 saturated heterocycles. The first kappa shape index (κ1) is 19.2. The van der Waals surface area contributed by atoms with E-state index >= 15 is 0 Å². The molecule has 2 rings (SSSR count). The number of esters is 1. The SMILES string of the molecule is COc1ccc(C(=O)OCC(=O)NCc2ccc(Cl)cc2)cc1[N+](=O)[O-]. The van der Waals surface area contributed by atoms with Crippen LogP contribution in [0.25, 0.3) is 0 Å². The number of hydrogen-bond donors (Lipinski definition) is 1. The number of ether oxygens (including phenoxy) is 2. The van der Waals surface area contributed by atoms with Gasteiger partial charge in [-0.25, -0.2) is 4.79 Å². The molecule has 0 bridgehead atoms. The monoisotopic (exact) mass is 378 g/mol. The summed E-state index contributed by atoms with van der Waals surface area (Å²) in [6.45, 7) is -0.256. The second-order valence-electron chi connectivity index (χ2n) is 5.12. The van der Waals surface area contributed by atoms with Gasteiger partial charge in [-0.1, -0.05) is 23.7 Å². The normalized spacial score (nSPS) is 10.1. The van der Waals surface area contributed by atoms with Gasteiger partial charge in [-0.15, -0.1) is 0 Å². The molecule has 0 atom stereocenters. The summed E-state index contributed by atoms with van der Waals surface area (Å²) in [7, 11) is 1.28. The van der Waals surface area contributed by atoms with E-state index in [1.165, 1.54) is 19.2 Å². The molecule has 0 fully saturated rings.